The van der Waals surface area contributed by atoms with E-state index in [1.807, 2.05) is 30.4 Å². The fraction of sp³-hybridized carbons (Fsp3) is 0. The summed E-state index contributed by atoms with van der Waals surface area (Å²) >= 11 is 0. The lowest BCUT2D eigenvalue weighted by Crippen LogP contribution is -2.12. The third kappa shape index (κ3) is 7.68. The van der Waals surface area contributed by atoms with E-state index in [0.717, 1.165) is 144 Å². The minimum absolute atomic E-state index is 0.807. The normalized spacial score (nSPS) is 11.9. The molecular formula is C76H50N2O2. The summed E-state index contributed by atoms with van der Waals surface area (Å²) < 4.78 is 13.9. The van der Waals surface area contributed by atoms with Crippen molar-refractivity contribution in [2.45, 2.75) is 0 Å². The van der Waals surface area contributed by atoms with Crippen LogP contribution in [0.3, 0.4) is 0 Å². The molecule has 4 nitrogen and oxygen atoms in total. The molecule has 0 amide bonds. The molecule has 0 aliphatic carbocycles. The number of hydrogen-bond acceptors (Lipinski definition) is 4. The maximum atomic E-state index is 6.95. The minimum atomic E-state index is 0.807. The summed E-state index contributed by atoms with van der Waals surface area (Å²) in [4.78, 5) is 4.83. The van der Waals surface area contributed by atoms with Crippen LogP contribution in [0.4, 0.5) is 34.1 Å². The van der Waals surface area contributed by atoms with Gasteiger partial charge in [-0.2, -0.15) is 0 Å². The third-order valence-electron chi connectivity index (χ3n) is 15.9. The van der Waals surface area contributed by atoms with Crippen LogP contribution in [0.1, 0.15) is 5.56 Å². The van der Waals surface area contributed by atoms with E-state index in [1.54, 1.807) is 0 Å². The molecular weight excluding hydrogens is 973 g/mol. The van der Waals surface area contributed by atoms with Crippen LogP contribution in [-0.2, 0) is 0 Å². The van der Waals surface area contributed by atoms with Gasteiger partial charge in [0.15, 0.2) is 11.2 Å². The Balaban J connectivity index is 1.02. The second kappa shape index (κ2) is 19.1. The van der Waals surface area contributed by atoms with Gasteiger partial charge < -0.3 is 18.6 Å². The first kappa shape index (κ1) is 46.6. The van der Waals surface area contributed by atoms with Crippen molar-refractivity contribution < 1.29 is 8.83 Å². The molecule has 0 unspecified atom stereocenters. The van der Waals surface area contributed by atoms with Gasteiger partial charge in [-0.3, -0.25) is 0 Å². The smallest absolute Gasteiger partial charge is 0.159 e. The summed E-state index contributed by atoms with van der Waals surface area (Å²) in [5.41, 5.74) is 17.9. The molecule has 13 aromatic carbocycles. The molecule has 0 bridgehead atoms. The Kier molecular flexibility index (Phi) is 11.1. The third-order valence-corrected chi connectivity index (χ3v) is 15.9. The fourth-order valence-electron chi connectivity index (χ4n) is 12.2. The van der Waals surface area contributed by atoms with E-state index in [0.29, 0.717) is 0 Å². The number of fused-ring (bicyclic) bond motifs is 6. The highest BCUT2D eigenvalue weighted by molar-refractivity contribution is 6.29. The predicted molar refractivity (Wildman–Crippen MR) is 339 cm³/mol. The minimum Gasteiger partial charge on any atom is -0.454 e. The first-order valence-corrected chi connectivity index (χ1v) is 27.1. The lowest BCUT2D eigenvalue weighted by Gasteiger charge is -2.30. The van der Waals surface area contributed by atoms with Crippen LogP contribution in [-0.4, -0.2) is 0 Å². The Morgan fingerprint density at radius 3 is 1.20 bits per heavy atom. The van der Waals surface area contributed by atoms with Crippen molar-refractivity contribution >= 4 is 116 Å². The summed E-state index contributed by atoms with van der Waals surface area (Å²) in [6.07, 6.45) is 5.76. The van der Waals surface area contributed by atoms with E-state index in [-0.39, 0.29) is 0 Å². The maximum absolute atomic E-state index is 6.95. The van der Waals surface area contributed by atoms with Crippen molar-refractivity contribution in [2.24, 2.45) is 0 Å². The summed E-state index contributed by atoms with van der Waals surface area (Å²) in [5.74, 6) is 0. The summed E-state index contributed by atoms with van der Waals surface area (Å²) in [7, 11) is 0. The molecule has 15 aromatic rings. The molecule has 0 aliphatic heterocycles. The van der Waals surface area contributed by atoms with Gasteiger partial charge in [0.25, 0.3) is 0 Å². The maximum Gasteiger partial charge on any atom is 0.159 e. The van der Waals surface area contributed by atoms with Crippen LogP contribution >= 0.6 is 0 Å². The van der Waals surface area contributed by atoms with E-state index >= 15 is 0 Å². The first-order valence-electron chi connectivity index (χ1n) is 27.1. The molecule has 4 heteroatoms. The van der Waals surface area contributed by atoms with Crippen molar-refractivity contribution in [2.75, 3.05) is 9.80 Å². The summed E-state index contributed by atoms with van der Waals surface area (Å²) in [6.45, 7) is 8.36. The van der Waals surface area contributed by atoms with Crippen molar-refractivity contribution in [3.63, 3.8) is 0 Å². The van der Waals surface area contributed by atoms with Gasteiger partial charge in [0.05, 0.1) is 22.7 Å². The molecule has 0 radical (unpaired) electrons. The van der Waals surface area contributed by atoms with Crippen molar-refractivity contribution in [1.82, 2.24) is 0 Å². The molecule has 0 saturated carbocycles. The van der Waals surface area contributed by atoms with E-state index in [4.69, 9.17) is 8.83 Å². The predicted octanol–water partition coefficient (Wildman–Crippen LogP) is 22.1. The number of furan rings is 2. The molecule has 0 N–H and O–H groups in total. The molecule has 15 rings (SSSR count). The van der Waals surface area contributed by atoms with Crippen LogP contribution in [0.25, 0.3) is 115 Å². The number of hydrogen-bond donors (Lipinski definition) is 0. The Hall–Kier alpha value is -10.7. The van der Waals surface area contributed by atoms with Gasteiger partial charge >= 0.3 is 0 Å². The monoisotopic (exact) mass is 1020 g/mol. The first-order chi connectivity index (χ1) is 39.6. The second-order valence-electron chi connectivity index (χ2n) is 20.5. The number of allylic oxidation sites excluding steroid dienone is 4. The Bertz CT molecular complexity index is 4870. The van der Waals surface area contributed by atoms with Crippen LogP contribution in [0.2, 0.25) is 0 Å². The molecule has 376 valence electrons. The largest absolute Gasteiger partial charge is 0.454 e. The zero-order valence-electron chi connectivity index (χ0n) is 43.7. The highest BCUT2D eigenvalue weighted by Gasteiger charge is 2.27. The van der Waals surface area contributed by atoms with Gasteiger partial charge in [0, 0.05) is 43.7 Å². The average Bonchev–Trinajstić information content (AvgIpc) is 4.18. The van der Waals surface area contributed by atoms with Crippen LogP contribution in [0.5, 0.6) is 0 Å². The second-order valence-corrected chi connectivity index (χ2v) is 20.5. The Labute approximate surface area is 463 Å². The highest BCUT2D eigenvalue weighted by Crippen LogP contribution is 2.52. The van der Waals surface area contributed by atoms with Crippen LogP contribution in [0, 0.1) is 0 Å². The molecule has 80 heavy (non-hydrogen) atoms. The zero-order valence-corrected chi connectivity index (χ0v) is 43.7. The molecule has 0 aliphatic rings. The van der Waals surface area contributed by atoms with Gasteiger partial charge in [-0.15, -0.1) is 0 Å². The van der Waals surface area contributed by atoms with E-state index in [2.05, 4.69) is 272 Å². The lowest BCUT2D eigenvalue weighted by molar-refractivity contribution is 0.669. The standard InChI is InChI=1S/C76H50N2O2/c1-3-20-49(4-2)55-43-56(50-21-8-5-9-22-50)46-59(45-55)77(69-31-18-29-63-61-27-14-16-33-71(61)79-75(63)69)67-41-37-53-36-40-66-68(42-38-54-35-39-65(67)73(53)74(54)66)78(70-32-19-30-64-62-28-15-17-34-72(62)80-76(64)70)60-47-57(51-23-10-6-11-24-51)44-58(48-60)52-25-12-7-13-26-52/h3-48H,1-2H2/b49-20+. The van der Waals surface area contributed by atoms with E-state index < -0.39 is 0 Å². The summed E-state index contributed by atoms with van der Waals surface area (Å²) in [6, 6.07) is 93.8. The lowest BCUT2D eigenvalue weighted by atomic mass is 9.91. The summed E-state index contributed by atoms with van der Waals surface area (Å²) in [5, 5.41) is 11.1. The number of rotatable bonds is 12. The van der Waals surface area contributed by atoms with Gasteiger partial charge in [-0.25, -0.2) is 0 Å². The van der Waals surface area contributed by atoms with Gasteiger partial charge in [0.2, 0.25) is 0 Å². The quantitative estimate of drug-likeness (QED) is 0.0902. The molecule has 2 heterocycles. The van der Waals surface area contributed by atoms with Crippen LogP contribution in [0.15, 0.2) is 301 Å². The van der Waals surface area contributed by atoms with Crippen molar-refractivity contribution in [3.8, 4) is 33.4 Å². The molecule has 0 saturated heterocycles. The number of nitrogens with zero attached hydrogens (tertiary/aromatic N) is 2. The molecule has 0 spiro atoms. The van der Waals surface area contributed by atoms with Crippen molar-refractivity contribution in [1.29, 1.82) is 0 Å². The number of benzene rings is 13. The molecule has 2 aromatic heterocycles. The van der Waals surface area contributed by atoms with Gasteiger partial charge in [0.1, 0.15) is 11.2 Å². The number of para-hydroxylation sites is 4. The SMILES string of the molecule is C=C/C=C(\C=C)c1cc(-c2ccccc2)cc(N(c2ccc3ccc4c(N(c5cc(-c6ccccc6)cc(-c6ccccc6)c5)c5cccc6c5oc5ccccc56)ccc5ccc2c3c54)c2cccc3c2oc2ccccc23)c1. The van der Waals surface area contributed by atoms with E-state index in [1.165, 1.54) is 10.8 Å². The average molecular weight is 1020 g/mol. The van der Waals surface area contributed by atoms with Crippen LogP contribution < -0.4 is 9.80 Å². The van der Waals surface area contributed by atoms with Crippen molar-refractivity contribution in [3.05, 3.63) is 298 Å². The Morgan fingerprint density at radius 2 is 0.738 bits per heavy atom. The molecule has 0 fully saturated rings. The molecule has 0 atom stereocenters. The zero-order chi connectivity index (χ0) is 53.3. The highest BCUT2D eigenvalue weighted by atomic mass is 16.3. The Morgan fingerprint density at radius 1 is 0.325 bits per heavy atom. The number of anilines is 6. The topological polar surface area (TPSA) is 32.8 Å². The van der Waals surface area contributed by atoms with Gasteiger partial charge in [-0.1, -0.05) is 219 Å². The van der Waals surface area contributed by atoms with Gasteiger partial charge in [-0.05, 0) is 139 Å². The fourth-order valence-corrected chi connectivity index (χ4v) is 12.2. The van der Waals surface area contributed by atoms with E-state index in [9.17, 15) is 0 Å².